The molecule has 0 aliphatic carbocycles. The van der Waals surface area contributed by atoms with Crippen LogP contribution in [0.4, 0.5) is 17.1 Å². The fourth-order valence-corrected chi connectivity index (χ4v) is 7.39. The third kappa shape index (κ3) is 5.15. The average Bonchev–Trinajstić information content (AvgIpc) is 3.54. The number of rotatable bonds is 7. The van der Waals surface area contributed by atoms with E-state index in [0.717, 1.165) is 22.7 Å². The standard InChI is InChI=1S/C48H34N2/c1-4-17-35(18-5-1)40-23-10-11-26-44(40)48-41(36-19-6-2-7-20-36)27-16-30-47(48)49(37-21-8-3-9-22-37)38-31-33-39(34-32-38)50-45-28-14-12-24-42(45)43-25-13-15-29-46(43)50/h1-34H. The van der Waals surface area contributed by atoms with E-state index in [2.05, 4.69) is 216 Å². The molecule has 0 unspecified atom stereocenters. The summed E-state index contributed by atoms with van der Waals surface area (Å²) in [5, 5.41) is 2.52. The molecule has 0 fully saturated rings. The Bertz CT molecular complexity index is 2510. The van der Waals surface area contributed by atoms with Crippen molar-refractivity contribution < 1.29 is 0 Å². The van der Waals surface area contributed by atoms with Crippen LogP contribution < -0.4 is 4.90 Å². The Morgan fingerprint density at radius 2 is 0.780 bits per heavy atom. The molecule has 1 heterocycles. The van der Waals surface area contributed by atoms with Crippen LogP contribution in [0.15, 0.2) is 206 Å². The molecule has 2 heteroatoms. The summed E-state index contributed by atoms with van der Waals surface area (Å²) < 4.78 is 2.37. The highest BCUT2D eigenvalue weighted by atomic mass is 15.1. The van der Waals surface area contributed by atoms with Crippen molar-refractivity contribution in [1.29, 1.82) is 0 Å². The predicted molar refractivity (Wildman–Crippen MR) is 212 cm³/mol. The zero-order valence-electron chi connectivity index (χ0n) is 27.5. The quantitative estimate of drug-likeness (QED) is 0.169. The van der Waals surface area contributed by atoms with Crippen LogP contribution in [-0.4, -0.2) is 4.57 Å². The van der Waals surface area contributed by atoms with E-state index >= 15 is 0 Å². The van der Waals surface area contributed by atoms with Crippen molar-refractivity contribution in [1.82, 2.24) is 4.57 Å². The van der Waals surface area contributed by atoms with Crippen molar-refractivity contribution in [3.63, 3.8) is 0 Å². The van der Waals surface area contributed by atoms with E-state index < -0.39 is 0 Å². The van der Waals surface area contributed by atoms with Gasteiger partial charge < -0.3 is 9.47 Å². The number of fused-ring (bicyclic) bond motifs is 3. The van der Waals surface area contributed by atoms with Gasteiger partial charge in [0.05, 0.1) is 16.7 Å². The van der Waals surface area contributed by atoms with Crippen LogP contribution in [-0.2, 0) is 0 Å². The van der Waals surface area contributed by atoms with Gasteiger partial charge in [0, 0.05) is 33.4 Å². The number of anilines is 3. The van der Waals surface area contributed by atoms with Crippen LogP contribution in [0, 0.1) is 0 Å². The lowest BCUT2D eigenvalue weighted by molar-refractivity contribution is 1.17. The molecule has 8 aromatic carbocycles. The third-order valence-corrected chi connectivity index (χ3v) is 9.61. The van der Waals surface area contributed by atoms with Gasteiger partial charge in [0.25, 0.3) is 0 Å². The average molecular weight is 639 g/mol. The number of hydrogen-bond donors (Lipinski definition) is 0. The van der Waals surface area contributed by atoms with Crippen LogP contribution >= 0.6 is 0 Å². The van der Waals surface area contributed by atoms with Gasteiger partial charge in [-0.25, -0.2) is 0 Å². The van der Waals surface area contributed by atoms with Gasteiger partial charge >= 0.3 is 0 Å². The first-order valence-electron chi connectivity index (χ1n) is 17.1. The van der Waals surface area contributed by atoms with E-state index in [0.29, 0.717) is 0 Å². The SMILES string of the molecule is c1ccc(-c2ccccc2-c2c(-c3ccccc3)cccc2N(c2ccccc2)c2ccc(-n3c4ccccc4c4ccccc43)cc2)cc1. The molecule has 50 heavy (non-hydrogen) atoms. The minimum atomic E-state index is 1.09. The first-order valence-corrected chi connectivity index (χ1v) is 17.1. The zero-order valence-corrected chi connectivity index (χ0v) is 27.5. The maximum absolute atomic E-state index is 2.40. The Balaban J connectivity index is 1.28. The molecule has 236 valence electrons. The molecule has 9 rings (SSSR count). The summed E-state index contributed by atoms with van der Waals surface area (Å²) in [5.74, 6) is 0. The number of hydrogen-bond acceptors (Lipinski definition) is 1. The molecule has 0 atom stereocenters. The number of benzene rings is 8. The molecular formula is C48H34N2. The number of para-hydroxylation sites is 3. The van der Waals surface area contributed by atoms with Gasteiger partial charge in [0.15, 0.2) is 0 Å². The summed E-state index contributed by atoms with van der Waals surface area (Å²) in [6, 6.07) is 74.0. The lowest BCUT2D eigenvalue weighted by atomic mass is 9.87. The van der Waals surface area contributed by atoms with E-state index in [4.69, 9.17) is 0 Å². The molecule has 0 radical (unpaired) electrons. The highest BCUT2D eigenvalue weighted by Gasteiger charge is 2.23. The summed E-state index contributed by atoms with van der Waals surface area (Å²) in [6.07, 6.45) is 0. The van der Waals surface area contributed by atoms with E-state index in [9.17, 15) is 0 Å². The highest BCUT2D eigenvalue weighted by molar-refractivity contribution is 6.09. The van der Waals surface area contributed by atoms with Gasteiger partial charge in [-0.15, -0.1) is 0 Å². The van der Waals surface area contributed by atoms with Gasteiger partial charge in [-0.3, -0.25) is 0 Å². The lowest BCUT2D eigenvalue weighted by Crippen LogP contribution is -2.12. The van der Waals surface area contributed by atoms with Crippen LogP contribution in [0.3, 0.4) is 0 Å². The fraction of sp³-hybridized carbons (Fsp3) is 0. The summed E-state index contributed by atoms with van der Waals surface area (Å²) in [7, 11) is 0. The first-order chi connectivity index (χ1) is 24.8. The molecule has 0 aliphatic rings. The fourth-order valence-electron chi connectivity index (χ4n) is 7.39. The predicted octanol–water partition coefficient (Wildman–Crippen LogP) is 13.3. The topological polar surface area (TPSA) is 8.17 Å². The van der Waals surface area contributed by atoms with Crippen molar-refractivity contribution in [3.8, 4) is 39.1 Å². The van der Waals surface area contributed by atoms with E-state index in [1.165, 1.54) is 55.2 Å². The molecule has 0 bridgehead atoms. The van der Waals surface area contributed by atoms with Crippen molar-refractivity contribution in [2.24, 2.45) is 0 Å². The maximum Gasteiger partial charge on any atom is 0.0546 e. The summed E-state index contributed by atoms with van der Waals surface area (Å²) >= 11 is 0. The van der Waals surface area contributed by atoms with Gasteiger partial charge in [0.1, 0.15) is 0 Å². The number of nitrogens with zero attached hydrogens (tertiary/aromatic N) is 2. The van der Waals surface area contributed by atoms with Gasteiger partial charge in [0.2, 0.25) is 0 Å². The van der Waals surface area contributed by atoms with E-state index in [-0.39, 0.29) is 0 Å². The summed E-state index contributed by atoms with van der Waals surface area (Å²) in [5.41, 5.74) is 14.0. The number of aromatic nitrogens is 1. The Morgan fingerprint density at radius 1 is 0.320 bits per heavy atom. The van der Waals surface area contributed by atoms with Crippen molar-refractivity contribution in [3.05, 3.63) is 206 Å². The lowest BCUT2D eigenvalue weighted by Gasteiger charge is -2.30. The second-order valence-corrected chi connectivity index (χ2v) is 12.5. The van der Waals surface area contributed by atoms with Crippen molar-refractivity contribution in [2.45, 2.75) is 0 Å². The third-order valence-electron chi connectivity index (χ3n) is 9.61. The van der Waals surface area contributed by atoms with Gasteiger partial charge in [-0.2, -0.15) is 0 Å². The molecule has 0 aliphatic heterocycles. The monoisotopic (exact) mass is 638 g/mol. The Kier molecular flexibility index (Phi) is 7.53. The second kappa shape index (κ2) is 12.8. The van der Waals surface area contributed by atoms with E-state index in [1.807, 2.05) is 0 Å². The molecule has 0 spiro atoms. The highest BCUT2D eigenvalue weighted by Crippen LogP contribution is 2.48. The van der Waals surface area contributed by atoms with Crippen LogP contribution in [0.2, 0.25) is 0 Å². The second-order valence-electron chi connectivity index (χ2n) is 12.5. The van der Waals surface area contributed by atoms with Crippen molar-refractivity contribution >= 4 is 38.9 Å². The smallest absolute Gasteiger partial charge is 0.0546 e. The first kappa shape index (κ1) is 29.5. The van der Waals surface area contributed by atoms with Gasteiger partial charge in [-0.05, 0) is 82.4 Å². The van der Waals surface area contributed by atoms with Crippen LogP contribution in [0.1, 0.15) is 0 Å². The molecule has 9 aromatic rings. The maximum atomic E-state index is 2.40. The summed E-state index contributed by atoms with van der Waals surface area (Å²) in [6.45, 7) is 0. The minimum absolute atomic E-state index is 1.09. The molecule has 0 N–H and O–H groups in total. The largest absolute Gasteiger partial charge is 0.310 e. The molecule has 0 amide bonds. The zero-order chi connectivity index (χ0) is 33.3. The van der Waals surface area contributed by atoms with Crippen LogP contribution in [0.5, 0.6) is 0 Å². The molecule has 0 saturated heterocycles. The Morgan fingerprint density at radius 3 is 1.40 bits per heavy atom. The Labute approximate surface area is 292 Å². The minimum Gasteiger partial charge on any atom is -0.310 e. The Hall–Kier alpha value is -6.64. The van der Waals surface area contributed by atoms with Crippen LogP contribution in [0.25, 0.3) is 60.9 Å². The van der Waals surface area contributed by atoms with E-state index in [1.54, 1.807) is 0 Å². The normalized spacial score (nSPS) is 11.2. The van der Waals surface area contributed by atoms with Gasteiger partial charge in [-0.1, -0.05) is 152 Å². The molecular weight excluding hydrogens is 605 g/mol. The summed E-state index contributed by atoms with van der Waals surface area (Å²) in [4.78, 5) is 2.40. The molecule has 0 saturated carbocycles. The molecule has 1 aromatic heterocycles. The van der Waals surface area contributed by atoms with Crippen molar-refractivity contribution in [2.75, 3.05) is 4.90 Å². The molecule has 2 nitrogen and oxygen atoms in total.